The lowest BCUT2D eigenvalue weighted by Gasteiger charge is -2.11. The van der Waals surface area contributed by atoms with E-state index >= 15 is 0 Å². The summed E-state index contributed by atoms with van der Waals surface area (Å²) in [5.74, 6) is 0.424. The number of hydrogen-bond donors (Lipinski definition) is 1. The van der Waals surface area contributed by atoms with Gasteiger partial charge < -0.3 is 9.72 Å². The van der Waals surface area contributed by atoms with Gasteiger partial charge in [0.05, 0.1) is 30.1 Å². The summed E-state index contributed by atoms with van der Waals surface area (Å²) in [6.07, 6.45) is 3.13. The summed E-state index contributed by atoms with van der Waals surface area (Å²) >= 11 is 0. The van der Waals surface area contributed by atoms with Gasteiger partial charge in [-0.15, -0.1) is 0 Å². The van der Waals surface area contributed by atoms with Gasteiger partial charge in [-0.25, -0.2) is 15.0 Å². The van der Waals surface area contributed by atoms with Gasteiger partial charge in [-0.1, -0.05) is 12.1 Å². The minimum absolute atomic E-state index is 0.226. The number of fused-ring (bicyclic) bond motifs is 1. The van der Waals surface area contributed by atoms with Crippen molar-refractivity contribution in [3.8, 4) is 34.5 Å². The van der Waals surface area contributed by atoms with Crippen LogP contribution >= 0.6 is 0 Å². The highest BCUT2D eigenvalue weighted by molar-refractivity contribution is 5.84. The molecule has 0 aliphatic rings. The summed E-state index contributed by atoms with van der Waals surface area (Å²) in [6, 6.07) is 14.1. The van der Waals surface area contributed by atoms with E-state index in [0.29, 0.717) is 34.0 Å². The molecule has 0 saturated carbocycles. The number of aromatic nitrogens is 4. The number of pyridine rings is 2. The second-order valence-electron chi connectivity index (χ2n) is 5.74. The third-order valence-electron chi connectivity index (χ3n) is 4.07. The highest BCUT2D eigenvalue weighted by Crippen LogP contribution is 2.31. The monoisotopic (exact) mass is 355 g/mol. The lowest BCUT2D eigenvalue weighted by Crippen LogP contribution is -2.07. The van der Waals surface area contributed by atoms with Gasteiger partial charge in [0.1, 0.15) is 0 Å². The average Bonchev–Trinajstić information content (AvgIpc) is 2.73. The molecule has 0 aliphatic heterocycles. The molecule has 0 amide bonds. The Kier molecular flexibility index (Phi) is 4.07. The highest BCUT2D eigenvalue weighted by Gasteiger charge is 2.16. The van der Waals surface area contributed by atoms with E-state index in [2.05, 4.69) is 26.0 Å². The van der Waals surface area contributed by atoms with Crippen LogP contribution in [0.5, 0.6) is 5.88 Å². The molecule has 4 aromatic rings. The third kappa shape index (κ3) is 3.00. The van der Waals surface area contributed by atoms with Crippen molar-refractivity contribution in [3.05, 3.63) is 70.6 Å². The van der Waals surface area contributed by atoms with Gasteiger partial charge in [-0.3, -0.25) is 4.79 Å². The minimum Gasteiger partial charge on any atom is -0.481 e. The SMILES string of the molecule is COc1cc(-c2nc3c(=O)cc[nH]c3nc2-c2cccc(C#N)c2)ccn1. The third-order valence-corrected chi connectivity index (χ3v) is 4.07. The quantitative estimate of drug-likeness (QED) is 0.606. The summed E-state index contributed by atoms with van der Waals surface area (Å²) in [4.78, 5) is 28.5. The molecular weight excluding hydrogens is 342 g/mol. The highest BCUT2D eigenvalue weighted by atomic mass is 16.5. The Morgan fingerprint density at radius 3 is 2.70 bits per heavy atom. The van der Waals surface area contributed by atoms with Crippen LogP contribution in [0.4, 0.5) is 0 Å². The molecule has 0 radical (unpaired) electrons. The number of nitrogens with zero attached hydrogens (tertiary/aromatic N) is 4. The fraction of sp³-hybridized carbons (Fsp3) is 0.0500. The van der Waals surface area contributed by atoms with Crippen molar-refractivity contribution in [2.45, 2.75) is 0 Å². The molecular formula is C20H13N5O2. The van der Waals surface area contributed by atoms with Crippen LogP contribution in [-0.4, -0.2) is 27.0 Å². The molecule has 0 unspecified atom stereocenters. The molecule has 7 heteroatoms. The summed E-state index contributed by atoms with van der Waals surface area (Å²) in [6.45, 7) is 0. The summed E-state index contributed by atoms with van der Waals surface area (Å²) in [5.41, 5.74) is 3.39. The van der Waals surface area contributed by atoms with E-state index in [0.717, 1.165) is 5.56 Å². The zero-order valence-electron chi connectivity index (χ0n) is 14.3. The Labute approximate surface area is 154 Å². The Morgan fingerprint density at radius 2 is 1.89 bits per heavy atom. The second-order valence-corrected chi connectivity index (χ2v) is 5.74. The molecule has 0 spiro atoms. The molecule has 0 bridgehead atoms. The van der Waals surface area contributed by atoms with Crippen molar-refractivity contribution >= 4 is 11.2 Å². The van der Waals surface area contributed by atoms with E-state index < -0.39 is 0 Å². The van der Waals surface area contributed by atoms with E-state index in [-0.39, 0.29) is 10.9 Å². The Hall–Kier alpha value is -4.05. The van der Waals surface area contributed by atoms with Crippen molar-refractivity contribution in [3.63, 3.8) is 0 Å². The first-order chi connectivity index (χ1) is 13.2. The smallest absolute Gasteiger partial charge is 0.213 e. The molecule has 0 saturated heterocycles. The Balaban J connectivity index is 2.06. The van der Waals surface area contributed by atoms with Crippen LogP contribution in [0.2, 0.25) is 0 Å². The molecule has 3 aromatic heterocycles. The van der Waals surface area contributed by atoms with E-state index in [4.69, 9.17) is 4.74 Å². The molecule has 0 fully saturated rings. The maximum absolute atomic E-state index is 12.2. The van der Waals surface area contributed by atoms with Crippen molar-refractivity contribution in [2.75, 3.05) is 7.11 Å². The van der Waals surface area contributed by atoms with E-state index in [1.807, 2.05) is 6.07 Å². The number of rotatable bonds is 3. The maximum atomic E-state index is 12.2. The van der Waals surface area contributed by atoms with Gasteiger partial charge >= 0.3 is 0 Å². The molecule has 27 heavy (non-hydrogen) atoms. The number of aromatic amines is 1. The molecule has 0 atom stereocenters. The predicted molar refractivity (Wildman–Crippen MR) is 100 cm³/mol. The van der Waals surface area contributed by atoms with Crippen molar-refractivity contribution in [1.82, 2.24) is 19.9 Å². The number of nitriles is 1. The first kappa shape index (κ1) is 16.4. The lowest BCUT2D eigenvalue weighted by molar-refractivity contribution is 0.398. The fourth-order valence-corrected chi connectivity index (χ4v) is 2.79. The zero-order chi connectivity index (χ0) is 18.8. The van der Waals surface area contributed by atoms with E-state index in [1.165, 1.54) is 19.4 Å². The number of methoxy groups -OCH3 is 1. The lowest BCUT2D eigenvalue weighted by atomic mass is 10.0. The molecule has 0 aliphatic carbocycles. The number of benzene rings is 1. The van der Waals surface area contributed by atoms with Crippen molar-refractivity contribution < 1.29 is 4.74 Å². The molecule has 1 N–H and O–H groups in total. The molecule has 130 valence electrons. The summed E-state index contributed by atoms with van der Waals surface area (Å²) in [7, 11) is 1.53. The van der Waals surface area contributed by atoms with Crippen LogP contribution in [0.1, 0.15) is 5.56 Å². The van der Waals surface area contributed by atoms with E-state index in [1.54, 1.807) is 36.5 Å². The van der Waals surface area contributed by atoms with Crippen molar-refractivity contribution in [2.24, 2.45) is 0 Å². The molecule has 1 aromatic carbocycles. The molecule has 7 nitrogen and oxygen atoms in total. The van der Waals surface area contributed by atoms with E-state index in [9.17, 15) is 10.1 Å². The first-order valence-electron chi connectivity index (χ1n) is 8.10. The van der Waals surface area contributed by atoms with Gasteiger partial charge in [0.15, 0.2) is 11.2 Å². The second kappa shape index (κ2) is 6.69. The van der Waals surface area contributed by atoms with Crippen LogP contribution in [0.15, 0.2) is 59.7 Å². The van der Waals surface area contributed by atoms with Gasteiger partial charge in [0.2, 0.25) is 11.3 Å². The minimum atomic E-state index is -0.226. The van der Waals surface area contributed by atoms with Gasteiger partial charge in [-0.05, 0) is 18.2 Å². The van der Waals surface area contributed by atoms with Crippen LogP contribution in [-0.2, 0) is 0 Å². The first-order valence-corrected chi connectivity index (χ1v) is 8.10. The van der Waals surface area contributed by atoms with Crippen LogP contribution in [0.25, 0.3) is 33.7 Å². The number of nitrogens with one attached hydrogen (secondary N) is 1. The largest absolute Gasteiger partial charge is 0.481 e. The maximum Gasteiger partial charge on any atom is 0.213 e. The normalized spacial score (nSPS) is 10.5. The number of hydrogen-bond acceptors (Lipinski definition) is 6. The Bertz CT molecular complexity index is 1260. The van der Waals surface area contributed by atoms with Gasteiger partial charge in [0.25, 0.3) is 0 Å². The summed E-state index contributed by atoms with van der Waals surface area (Å²) in [5, 5.41) is 9.21. The van der Waals surface area contributed by atoms with Crippen LogP contribution < -0.4 is 10.2 Å². The van der Waals surface area contributed by atoms with Crippen LogP contribution in [0.3, 0.4) is 0 Å². The van der Waals surface area contributed by atoms with Gasteiger partial charge in [-0.2, -0.15) is 5.26 Å². The predicted octanol–water partition coefficient (Wildman–Crippen LogP) is 2.93. The number of ether oxygens (including phenoxy) is 1. The Morgan fingerprint density at radius 1 is 1.07 bits per heavy atom. The standard InChI is InChI=1S/C20H13N5O2/c1-27-16-10-14(5-7-22-16)17-18(13-4-2-3-12(9-13)11-21)25-20-19(24-17)15(26)6-8-23-20/h2-10H,1H3,(H,23,25,26). The average molecular weight is 355 g/mol. The summed E-state index contributed by atoms with van der Waals surface area (Å²) < 4.78 is 5.20. The number of H-pyrrole nitrogens is 1. The zero-order valence-corrected chi connectivity index (χ0v) is 14.3. The molecule has 3 heterocycles. The molecule has 4 rings (SSSR count). The van der Waals surface area contributed by atoms with Gasteiger partial charge in [0, 0.05) is 35.7 Å². The topological polar surface area (TPSA) is 105 Å². The van der Waals surface area contributed by atoms with Crippen LogP contribution in [0, 0.1) is 11.3 Å². The fourth-order valence-electron chi connectivity index (χ4n) is 2.79. The van der Waals surface area contributed by atoms with Crippen molar-refractivity contribution in [1.29, 1.82) is 5.26 Å².